The van der Waals surface area contributed by atoms with E-state index in [9.17, 15) is 0 Å². The number of hydrogen-bond acceptors (Lipinski definition) is 1. The Balaban J connectivity index is 2.96. The van der Waals surface area contributed by atoms with Crippen molar-refractivity contribution in [3.8, 4) is 0 Å². The molecule has 1 rings (SSSR count). The van der Waals surface area contributed by atoms with Crippen LogP contribution < -0.4 is 0 Å². The van der Waals surface area contributed by atoms with Crippen molar-refractivity contribution in [3.05, 3.63) is 25.1 Å². The summed E-state index contributed by atoms with van der Waals surface area (Å²) in [5, 5.41) is 0. The SMILES string of the molecule is CC(C)Cc1c(I)cncc1I. The molecule has 0 fully saturated rings. The molecule has 0 bridgehead atoms. The van der Waals surface area contributed by atoms with Crippen LogP contribution in [-0.2, 0) is 6.42 Å². The number of rotatable bonds is 2. The van der Waals surface area contributed by atoms with Crippen molar-refractivity contribution < 1.29 is 0 Å². The zero-order chi connectivity index (χ0) is 9.14. The Labute approximate surface area is 101 Å². The van der Waals surface area contributed by atoms with E-state index >= 15 is 0 Å². The molecule has 0 atom stereocenters. The summed E-state index contributed by atoms with van der Waals surface area (Å²) in [5.74, 6) is 0.717. The number of hydrogen-bond donors (Lipinski definition) is 0. The highest BCUT2D eigenvalue weighted by molar-refractivity contribution is 14.1. The van der Waals surface area contributed by atoms with E-state index in [4.69, 9.17) is 0 Å². The summed E-state index contributed by atoms with van der Waals surface area (Å²) in [6, 6.07) is 0. The van der Waals surface area contributed by atoms with Gasteiger partial charge in [0.15, 0.2) is 0 Å². The normalized spacial score (nSPS) is 10.8. The maximum Gasteiger partial charge on any atom is 0.0405 e. The summed E-state index contributed by atoms with van der Waals surface area (Å²) < 4.78 is 2.57. The summed E-state index contributed by atoms with van der Waals surface area (Å²) in [5.41, 5.74) is 1.45. The van der Waals surface area contributed by atoms with Crippen molar-refractivity contribution in [3.63, 3.8) is 0 Å². The molecule has 0 aliphatic heterocycles. The molecule has 0 amide bonds. The maximum absolute atomic E-state index is 4.14. The van der Waals surface area contributed by atoms with Gasteiger partial charge in [-0.3, -0.25) is 4.98 Å². The van der Waals surface area contributed by atoms with Crippen LogP contribution >= 0.6 is 45.2 Å². The Kier molecular flexibility index (Phi) is 4.22. The fraction of sp³-hybridized carbons (Fsp3) is 0.444. The van der Waals surface area contributed by atoms with Gasteiger partial charge in [-0.15, -0.1) is 0 Å². The molecule has 0 saturated carbocycles. The molecule has 0 unspecified atom stereocenters. The van der Waals surface area contributed by atoms with Gasteiger partial charge in [-0.1, -0.05) is 13.8 Å². The van der Waals surface area contributed by atoms with E-state index in [-0.39, 0.29) is 0 Å². The van der Waals surface area contributed by atoms with Crippen LogP contribution in [0.4, 0.5) is 0 Å². The quantitative estimate of drug-likeness (QED) is 0.709. The fourth-order valence-electron chi connectivity index (χ4n) is 1.04. The van der Waals surface area contributed by atoms with E-state index < -0.39 is 0 Å². The standard InChI is InChI=1S/C9H11I2N/c1-6(2)3-7-8(10)4-12-5-9(7)11/h4-6H,3H2,1-2H3. The molecule has 1 aromatic heterocycles. The van der Waals surface area contributed by atoms with Crippen LogP contribution in [0.15, 0.2) is 12.4 Å². The number of nitrogens with zero attached hydrogens (tertiary/aromatic N) is 1. The van der Waals surface area contributed by atoms with Gasteiger partial charge in [0.2, 0.25) is 0 Å². The van der Waals surface area contributed by atoms with Crippen LogP contribution in [0.2, 0.25) is 0 Å². The van der Waals surface area contributed by atoms with Crippen LogP contribution in [0.25, 0.3) is 0 Å². The smallest absolute Gasteiger partial charge is 0.0405 e. The third-order valence-corrected chi connectivity index (χ3v) is 3.42. The van der Waals surface area contributed by atoms with Crippen molar-refractivity contribution in [2.45, 2.75) is 20.3 Å². The molecule has 3 heteroatoms. The Bertz CT molecular complexity index is 251. The van der Waals surface area contributed by atoms with Crippen LogP contribution in [0.5, 0.6) is 0 Å². The summed E-state index contributed by atoms with van der Waals surface area (Å²) in [6.45, 7) is 4.49. The third-order valence-electron chi connectivity index (χ3n) is 1.56. The molecule has 1 nitrogen and oxygen atoms in total. The molecule has 0 spiro atoms. The van der Waals surface area contributed by atoms with Crippen LogP contribution in [0, 0.1) is 13.1 Å². The maximum atomic E-state index is 4.14. The van der Waals surface area contributed by atoms with E-state index in [0.29, 0.717) is 0 Å². The molecule has 0 radical (unpaired) electrons. The Morgan fingerprint density at radius 2 is 1.75 bits per heavy atom. The minimum absolute atomic E-state index is 0.717. The zero-order valence-electron chi connectivity index (χ0n) is 7.14. The highest BCUT2D eigenvalue weighted by Gasteiger charge is 2.06. The first-order valence-electron chi connectivity index (χ1n) is 3.89. The van der Waals surface area contributed by atoms with Gasteiger partial charge in [0.25, 0.3) is 0 Å². The van der Waals surface area contributed by atoms with E-state index in [0.717, 1.165) is 12.3 Å². The van der Waals surface area contributed by atoms with E-state index in [1.807, 2.05) is 12.4 Å². The minimum atomic E-state index is 0.717. The highest BCUT2D eigenvalue weighted by atomic mass is 127. The lowest BCUT2D eigenvalue weighted by Crippen LogP contribution is -2.00. The monoisotopic (exact) mass is 387 g/mol. The second kappa shape index (κ2) is 4.74. The minimum Gasteiger partial charge on any atom is -0.263 e. The summed E-state index contributed by atoms with van der Waals surface area (Å²) in [4.78, 5) is 4.14. The third kappa shape index (κ3) is 2.83. The lowest BCUT2D eigenvalue weighted by atomic mass is 10.0. The number of aromatic nitrogens is 1. The van der Waals surface area contributed by atoms with Gasteiger partial charge >= 0.3 is 0 Å². The first-order valence-corrected chi connectivity index (χ1v) is 6.05. The second-order valence-corrected chi connectivity index (χ2v) is 5.50. The van der Waals surface area contributed by atoms with Crippen molar-refractivity contribution in [2.24, 2.45) is 5.92 Å². The van der Waals surface area contributed by atoms with Gasteiger partial charge in [0.1, 0.15) is 0 Å². The molecule has 0 saturated heterocycles. The topological polar surface area (TPSA) is 12.9 Å². The van der Waals surface area contributed by atoms with E-state index in [1.54, 1.807) is 0 Å². The second-order valence-electron chi connectivity index (χ2n) is 3.18. The fourth-order valence-corrected chi connectivity index (χ4v) is 2.90. The van der Waals surface area contributed by atoms with Gasteiger partial charge in [-0.2, -0.15) is 0 Å². The van der Waals surface area contributed by atoms with Crippen LogP contribution in [0.3, 0.4) is 0 Å². The van der Waals surface area contributed by atoms with Gasteiger partial charge in [0, 0.05) is 19.5 Å². The average molecular weight is 387 g/mol. The van der Waals surface area contributed by atoms with Gasteiger partial charge in [-0.05, 0) is 63.1 Å². The number of halogens is 2. The molecule has 1 aromatic rings. The van der Waals surface area contributed by atoms with E-state index in [1.165, 1.54) is 12.7 Å². The number of pyridine rings is 1. The molecule has 66 valence electrons. The molecule has 1 heterocycles. The molecule has 0 aromatic carbocycles. The van der Waals surface area contributed by atoms with Gasteiger partial charge in [0.05, 0.1) is 0 Å². The van der Waals surface area contributed by atoms with E-state index in [2.05, 4.69) is 64.0 Å². The predicted molar refractivity (Wildman–Crippen MR) is 68.2 cm³/mol. The first-order chi connectivity index (χ1) is 5.61. The highest BCUT2D eigenvalue weighted by Crippen LogP contribution is 2.20. The zero-order valence-corrected chi connectivity index (χ0v) is 11.5. The van der Waals surface area contributed by atoms with Gasteiger partial charge < -0.3 is 0 Å². The van der Waals surface area contributed by atoms with Crippen LogP contribution in [0.1, 0.15) is 19.4 Å². The van der Waals surface area contributed by atoms with Crippen molar-refractivity contribution in [1.82, 2.24) is 4.98 Å². The summed E-state index contributed by atoms with van der Waals surface area (Å²) in [7, 11) is 0. The predicted octanol–water partition coefficient (Wildman–Crippen LogP) is 3.49. The Hall–Kier alpha value is 0.610. The van der Waals surface area contributed by atoms with Crippen LogP contribution in [-0.4, -0.2) is 4.98 Å². The largest absolute Gasteiger partial charge is 0.263 e. The van der Waals surface area contributed by atoms with Gasteiger partial charge in [-0.25, -0.2) is 0 Å². The lowest BCUT2D eigenvalue weighted by molar-refractivity contribution is 0.642. The Morgan fingerprint density at radius 3 is 2.17 bits per heavy atom. The molecule has 0 aliphatic rings. The first kappa shape index (κ1) is 10.7. The van der Waals surface area contributed by atoms with Crippen molar-refractivity contribution >= 4 is 45.2 Å². The summed E-state index contributed by atoms with van der Waals surface area (Å²) in [6.07, 6.45) is 5.01. The molecule has 0 aliphatic carbocycles. The van der Waals surface area contributed by atoms with Crippen molar-refractivity contribution in [1.29, 1.82) is 0 Å². The molecular weight excluding hydrogens is 376 g/mol. The molecule has 0 N–H and O–H groups in total. The Morgan fingerprint density at radius 1 is 1.25 bits per heavy atom. The lowest BCUT2D eigenvalue weighted by Gasteiger charge is -2.08. The molecule has 12 heavy (non-hydrogen) atoms. The molecular formula is C9H11I2N. The van der Waals surface area contributed by atoms with Crippen molar-refractivity contribution in [2.75, 3.05) is 0 Å². The average Bonchev–Trinajstić information content (AvgIpc) is 1.97. The summed E-state index contributed by atoms with van der Waals surface area (Å²) >= 11 is 4.70.